The van der Waals surface area contributed by atoms with Gasteiger partial charge in [0.25, 0.3) is 5.91 Å². The number of ketones is 1. The molecule has 10 nitrogen and oxygen atoms in total. The average Bonchev–Trinajstić information content (AvgIpc) is 2.94. The second kappa shape index (κ2) is 14.0. The van der Waals surface area contributed by atoms with E-state index in [0.717, 1.165) is 19.3 Å². The summed E-state index contributed by atoms with van der Waals surface area (Å²) in [6, 6.07) is 1.99. The van der Waals surface area contributed by atoms with Gasteiger partial charge in [-0.1, -0.05) is 26.2 Å². The molecule has 0 saturated heterocycles. The molecule has 208 valence electrons. The Morgan fingerprint density at radius 1 is 1.21 bits per heavy atom. The van der Waals surface area contributed by atoms with E-state index in [1.807, 2.05) is 22.6 Å². The predicted octanol–water partition coefficient (Wildman–Crippen LogP) is 2.17. The summed E-state index contributed by atoms with van der Waals surface area (Å²) in [6.07, 6.45) is 4.14. The number of rotatable bonds is 11. The lowest BCUT2D eigenvalue weighted by atomic mass is 9.85. The highest BCUT2D eigenvalue weighted by Gasteiger charge is 2.44. The predicted molar refractivity (Wildman–Crippen MR) is 147 cm³/mol. The first-order valence-electron chi connectivity index (χ1n) is 12.9. The number of benzene rings is 1. The summed E-state index contributed by atoms with van der Waals surface area (Å²) in [5.41, 5.74) is 0.655. The molecule has 1 aromatic carbocycles. The lowest BCUT2D eigenvalue weighted by molar-refractivity contribution is -0.152. The van der Waals surface area contributed by atoms with Gasteiger partial charge in [0, 0.05) is 36.6 Å². The summed E-state index contributed by atoms with van der Waals surface area (Å²) < 4.78 is 12.2. The van der Waals surface area contributed by atoms with Gasteiger partial charge in [-0.05, 0) is 53.6 Å². The van der Waals surface area contributed by atoms with Crippen molar-refractivity contribution in [2.45, 2.75) is 76.2 Å². The van der Waals surface area contributed by atoms with Crippen LogP contribution >= 0.6 is 22.6 Å². The summed E-state index contributed by atoms with van der Waals surface area (Å²) in [6.45, 7) is 1.40. The fourth-order valence-electron chi connectivity index (χ4n) is 5.05. The number of halogens is 1. The number of aldehydes is 1. The summed E-state index contributed by atoms with van der Waals surface area (Å²) >= 11 is 1.99. The van der Waals surface area contributed by atoms with Gasteiger partial charge in [0.15, 0.2) is 11.5 Å². The standard InChI is InChI=1S/C27H35IN2O8/c1-3-21(33)27(36)30(18-7-5-4-6-8-18)20-13-17(26(35)29-9-10-31)14-22(24(20)34)38-25-19(28)11-16(15-32)12-23(25)37-2/h11-12,14-15,18,20,22,24,31,34H,3-10,13H2,1-2H3,(H,29,35)/t20-,22+,24+/m1/s1. The minimum Gasteiger partial charge on any atom is -0.493 e. The number of nitrogens with zero attached hydrogens (tertiary/aromatic N) is 1. The fourth-order valence-corrected chi connectivity index (χ4v) is 5.80. The highest BCUT2D eigenvalue weighted by molar-refractivity contribution is 14.1. The molecule has 3 N–H and O–H groups in total. The van der Waals surface area contributed by atoms with E-state index in [2.05, 4.69) is 5.32 Å². The van der Waals surface area contributed by atoms with Crippen molar-refractivity contribution >= 4 is 46.5 Å². The van der Waals surface area contributed by atoms with Gasteiger partial charge >= 0.3 is 0 Å². The minimum atomic E-state index is -1.26. The number of carbonyl (C=O) groups excluding carboxylic acids is 4. The molecule has 0 spiro atoms. The summed E-state index contributed by atoms with van der Waals surface area (Å²) in [5, 5.41) is 23.4. The van der Waals surface area contributed by atoms with Crippen LogP contribution in [0.3, 0.4) is 0 Å². The van der Waals surface area contributed by atoms with Crippen molar-refractivity contribution in [1.29, 1.82) is 0 Å². The van der Waals surface area contributed by atoms with Crippen LogP contribution < -0.4 is 14.8 Å². The second-order valence-electron chi connectivity index (χ2n) is 9.45. The Balaban J connectivity index is 2.05. The van der Waals surface area contributed by atoms with E-state index in [1.165, 1.54) is 24.2 Å². The third-order valence-electron chi connectivity index (χ3n) is 6.98. The lowest BCUT2D eigenvalue weighted by Crippen LogP contribution is -2.59. The number of nitrogens with one attached hydrogen (secondary N) is 1. The van der Waals surface area contributed by atoms with Crippen molar-refractivity contribution in [1.82, 2.24) is 10.2 Å². The first kappa shape index (κ1) is 30.0. The first-order valence-corrected chi connectivity index (χ1v) is 14.0. The molecule has 0 unspecified atom stereocenters. The van der Waals surface area contributed by atoms with E-state index in [-0.39, 0.29) is 49.1 Å². The van der Waals surface area contributed by atoms with Crippen molar-refractivity contribution in [3.8, 4) is 11.5 Å². The summed E-state index contributed by atoms with van der Waals surface area (Å²) in [7, 11) is 1.43. The Labute approximate surface area is 235 Å². The number of aliphatic hydroxyl groups is 2. The van der Waals surface area contributed by atoms with Gasteiger partial charge in [0.05, 0.1) is 23.3 Å². The molecule has 3 atom stereocenters. The third kappa shape index (κ3) is 6.92. The molecule has 38 heavy (non-hydrogen) atoms. The molecular formula is C27H35IN2O8. The number of ether oxygens (including phenoxy) is 2. The maximum Gasteiger partial charge on any atom is 0.290 e. The van der Waals surface area contributed by atoms with Crippen molar-refractivity contribution in [3.63, 3.8) is 0 Å². The molecule has 0 radical (unpaired) electrons. The number of carbonyl (C=O) groups is 4. The lowest BCUT2D eigenvalue weighted by Gasteiger charge is -2.45. The number of aliphatic hydroxyl groups excluding tert-OH is 2. The van der Waals surface area contributed by atoms with E-state index in [9.17, 15) is 29.4 Å². The van der Waals surface area contributed by atoms with Crippen LogP contribution in [-0.4, -0.2) is 83.5 Å². The van der Waals surface area contributed by atoms with Gasteiger partial charge < -0.3 is 29.9 Å². The van der Waals surface area contributed by atoms with Gasteiger partial charge in [-0.3, -0.25) is 19.2 Å². The van der Waals surface area contributed by atoms with E-state index >= 15 is 0 Å². The number of hydrogen-bond acceptors (Lipinski definition) is 8. The smallest absolute Gasteiger partial charge is 0.290 e. The highest BCUT2D eigenvalue weighted by Crippen LogP contribution is 2.38. The Morgan fingerprint density at radius 2 is 1.92 bits per heavy atom. The van der Waals surface area contributed by atoms with E-state index in [4.69, 9.17) is 9.47 Å². The molecule has 0 aromatic heterocycles. The molecular weight excluding hydrogens is 607 g/mol. The molecule has 0 aliphatic heterocycles. The molecule has 0 bridgehead atoms. The maximum absolute atomic E-state index is 13.4. The van der Waals surface area contributed by atoms with Crippen LogP contribution in [0.5, 0.6) is 11.5 Å². The van der Waals surface area contributed by atoms with Crippen LogP contribution in [0.4, 0.5) is 0 Å². The van der Waals surface area contributed by atoms with Crippen molar-refractivity contribution in [2.24, 2.45) is 0 Å². The molecule has 1 fully saturated rings. The Hall–Kier alpha value is -2.51. The first-order chi connectivity index (χ1) is 18.2. The molecule has 1 saturated carbocycles. The van der Waals surface area contributed by atoms with Crippen molar-refractivity contribution < 1.29 is 38.9 Å². The van der Waals surface area contributed by atoms with Crippen molar-refractivity contribution in [3.05, 3.63) is 32.9 Å². The van der Waals surface area contributed by atoms with E-state index < -0.39 is 35.8 Å². The number of methoxy groups -OCH3 is 1. The summed E-state index contributed by atoms with van der Waals surface area (Å²) in [4.78, 5) is 51.7. The summed E-state index contributed by atoms with van der Waals surface area (Å²) in [5.74, 6) is -1.13. The second-order valence-corrected chi connectivity index (χ2v) is 10.6. The number of amides is 2. The molecule has 3 rings (SSSR count). The van der Waals surface area contributed by atoms with Gasteiger partial charge in [-0.25, -0.2) is 0 Å². The zero-order valence-corrected chi connectivity index (χ0v) is 23.8. The molecule has 2 amide bonds. The third-order valence-corrected chi connectivity index (χ3v) is 7.78. The number of Topliss-reactive ketones (excluding diaryl/α,β-unsaturated/α-hetero) is 1. The fraction of sp³-hybridized carbons (Fsp3) is 0.556. The largest absolute Gasteiger partial charge is 0.493 e. The molecule has 0 heterocycles. The van der Waals surface area contributed by atoms with Crippen molar-refractivity contribution in [2.75, 3.05) is 20.3 Å². The Morgan fingerprint density at radius 3 is 2.53 bits per heavy atom. The number of hydrogen-bond donors (Lipinski definition) is 3. The van der Waals surface area contributed by atoms with Crippen LogP contribution in [0, 0.1) is 3.57 Å². The quantitative estimate of drug-likeness (QED) is 0.190. The Kier molecular flexibility index (Phi) is 11.1. The van der Waals surface area contributed by atoms with Crippen LogP contribution in [0.1, 0.15) is 62.2 Å². The zero-order valence-electron chi connectivity index (χ0n) is 21.7. The van der Waals surface area contributed by atoms with E-state index in [0.29, 0.717) is 28.3 Å². The molecule has 1 aromatic rings. The zero-order chi connectivity index (χ0) is 27.8. The van der Waals surface area contributed by atoms with Gasteiger partial charge in [0.2, 0.25) is 11.7 Å². The highest BCUT2D eigenvalue weighted by atomic mass is 127. The molecule has 2 aliphatic rings. The average molecular weight is 642 g/mol. The minimum absolute atomic E-state index is 0.0236. The van der Waals surface area contributed by atoms with Crippen LogP contribution in [-0.2, 0) is 14.4 Å². The molecule has 2 aliphatic carbocycles. The SMILES string of the molecule is CCC(=O)C(=O)N(C1CCCCC1)[C@@H]1CC(C(=O)NCCO)=C[C@H](Oc2c(I)cc(C=O)cc2OC)[C@H]1O. The monoisotopic (exact) mass is 642 g/mol. The van der Waals surface area contributed by atoms with Crippen LogP contribution in [0.25, 0.3) is 0 Å². The van der Waals surface area contributed by atoms with Gasteiger partial charge in [-0.2, -0.15) is 0 Å². The molecule has 11 heteroatoms. The van der Waals surface area contributed by atoms with Crippen LogP contribution in [0.15, 0.2) is 23.8 Å². The Bertz CT molecular complexity index is 1070. The van der Waals surface area contributed by atoms with Crippen LogP contribution in [0.2, 0.25) is 0 Å². The van der Waals surface area contributed by atoms with E-state index in [1.54, 1.807) is 13.0 Å². The van der Waals surface area contributed by atoms with Gasteiger partial charge in [0.1, 0.15) is 18.5 Å². The maximum atomic E-state index is 13.4. The normalized spacial score (nSPS) is 21.7. The topological polar surface area (TPSA) is 142 Å². The van der Waals surface area contributed by atoms with Gasteiger partial charge in [-0.15, -0.1) is 0 Å².